The third-order valence-electron chi connectivity index (χ3n) is 8.25. The molecule has 1 aliphatic carbocycles. The number of likely N-dealkylation sites (tertiary alicyclic amines) is 1. The molecule has 0 radical (unpaired) electrons. The average Bonchev–Trinajstić information content (AvgIpc) is 3.77. The lowest BCUT2D eigenvalue weighted by molar-refractivity contribution is -0.161. The zero-order valence-corrected chi connectivity index (χ0v) is 25.4. The highest BCUT2D eigenvalue weighted by Gasteiger charge is 2.54. The highest BCUT2D eigenvalue weighted by atomic mass is 35.5. The molecule has 2 heterocycles. The van der Waals surface area contributed by atoms with Gasteiger partial charge in [-0.15, -0.1) is 0 Å². The molecule has 11 heteroatoms. The first-order valence-electron chi connectivity index (χ1n) is 13.9. The number of sulfonamides is 1. The summed E-state index contributed by atoms with van der Waals surface area (Å²) in [5.74, 6) is -1.85. The van der Waals surface area contributed by atoms with Crippen LogP contribution in [0.2, 0.25) is 10.0 Å². The van der Waals surface area contributed by atoms with Gasteiger partial charge in [-0.3, -0.25) is 14.6 Å². The number of aliphatic carboxylic acids is 1. The van der Waals surface area contributed by atoms with E-state index in [1.54, 1.807) is 48.4 Å². The fraction of sp³-hybridized carbons (Fsp3) is 0.387. The van der Waals surface area contributed by atoms with E-state index in [4.69, 9.17) is 23.2 Å². The maximum atomic E-state index is 14.5. The van der Waals surface area contributed by atoms with Crippen molar-refractivity contribution in [1.82, 2.24) is 14.6 Å². The van der Waals surface area contributed by atoms with Gasteiger partial charge in [0, 0.05) is 40.9 Å². The molecule has 2 fully saturated rings. The number of carbonyl (C=O) groups excluding carboxylic acids is 1. The zero-order valence-electron chi connectivity index (χ0n) is 23.1. The van der Waals surface area contributed by atoms with Crippen LogP contribution in [0.5, 0.6) is 0 Å². The molecule has 4 atom stereocenters. The molecule has 8 nitrogen and oxygen atoms in total. The van der Waals surface area contributed by atoms with Crippen molar-refractivity contribution in [3.63, 3.8) is 0 Å². The maximum Gasteiger partial charge on any atom is 0.304 e. The van der Waals surface area contributed by atoms with Crippen molar-refractivity contribution >= 4 is 45.1 Å². The van der Waals surface area contributed by atoms with Crippen LogP contribution in [-0.4, -0.2) is 47.9 Å². The Bertz CT molecular complexity index is 1550. The minimum absolute atomic E-state index is 0.00844. The number of rotatable bonds is 11. The summed E-state index contributed by atoms with van der Waals surface area (Å²) in [5, 5.41) is 10.9. The number of aromatic nitrogens is 1. The Morgan fingerprint density at radius 3 is 2.45 bits per heavy atom. The summed E-state index contributed by atoms with van der Waals surface area (Å²) in [4.78, 5) is 32.3. The zero-order chi connectivity index (χ0) is 30.1. The van der Waals surface area contributed by atoms with E-state index >= 15 is 0 Å². The Morgan fingerprint density at radius 2 is 1.83 bits per heavy atom. The van der Waals surface area contributed by atoms with Gasteiger partial charge in [0.1, 0.15) is 0 Å². The number of pyridine rings is 1. The number of piperidine rings is 1. The maximum absolute atomic E-state index is 14.5. The lowest BCUT2D eigenvalue weighted by Gasteiger charge is -2.52. The summed E-state index contributed by atoms with van der Waals surface area (Å²) in [5.41, 5.74) is 1.04. The Labute approximate surface area is 256 Å². The van der Waals surface area contributed by atoms with Crippen LogP contribution in [0.25, 0.3) is 0 Å². The Kier molecular flexibility index (Phi) is 8.94. The second-order valence-corrected chi connectivity index (χ2v) is 14.3. The molecule has 1 saturated carbocycles. The van der Waals surface area contributed by atoms with Gasteiger partial charge < -0.3 is 10.0 Å². The number of nitrogens with one attached hydrogen (secondary N) is 1. The topological polar surface area (TPSA) is 117 Å². The van der Waals surface area contributed by atoms with Crippen molar-refractivity contribution in [2.45, 2.75) is 56.4 Å². The normalized spacial score (nSPS) is 23.5. The van der Waals surface area contributed by atoms with Crippen molar-refractivity contribution < 1.29 is 23.1 Å². The molecule has 222 valence electrons. The predicted octanol–water partition coefficient (Wildman–Crippen LogP) is 5.82. The van der Waals surface area contributed by atoms with Crippen LogP contribution < -0.4 is 4.72 Å². The molecule has 3 aromatic rings. The largest absolute Gasteiger partial charge is 0.481 e. The van der Waals surface area contributed by atoms with Gasteiger partial charge >= 0.3 is 5.97 Å². The Morgan fingerprint density at radius 1 is 1.10 bits per heavy atom. The summed E-state index contributed by atoms with van der Waals surface area (Å²) in [7, 11) is -3.76. The van der Waals surface area contributed by atoms with Crippen LogP contribution in [0.1, 0.15) is 61.3 Å². The lowest BCUT2D eigenvalue weighted by atomic mass is 9.67. The molecule has 1 amide bonds. The second-order valence-electron chi connectivity index (χ2n) is 11.6. The van der Waals surface area contributed by atoms with Gasteiger partial charge in [-0.25, -0.2) is 13.1 Å². The molecular formula is C31H33Cl2N3O5S. The number of benzene rings is 2. The first-order chi connectivity index (χ1) is 20.0. The number of halogens is 2. The summed E-state index contributed by atoms with van der Waals surface area (Å²) in [6.45, 7) is 1.71. The van der Waals surface area contributed by atoms with Gasteiger partial charge in [-0.1, -0.05) is 60.5 Å². The van der Waals surface area contributed by atoms with Crippen LogP contribution in [0.3, 0.4) is 0 Å². The van der Waals surface area contributed by atoms with Crippen molar-refractivity contribution in [2.75, 3.05) is 6.54 Å². The van der Waals surface area contributed by atoms with E-state index in [0.29, 0.717) is 15.6 Å². The predicted molar refractivity (Wildman–Crippen MR) is 162 cm³/mol. The van der Waals surface area contributed by atoms with E-state index in [2.05, 4.69) is 9.71 Å². The monoisotopic (exact) mass is 629 g/mol. The van der Waals surface area contributed by atoms with Crippen molar-refractivity contribution in [3.05, 3.63) is 99.8 Å². The fourth-order valence-corrected chi connectivity index (χ4v) is 7.65. The number of hydrogen-bond donors (Lipinski definition) is 2. The Hall–Kier alpha value is -2.98. The highest BCUT2D eigenvalue weighted by Crippen LogP contribution is 2.54. The van der Waals surface area contributed by atoms with E-state index in [1.165, 1.54) is 6.20 Å². The molecule has 0 bridgehead atoms. The fourth-order valence-electron chi connectivity index (χ4n) is 6.18. The molecule has 42 heavy (non-hydrogen) atoms. The van der Waals surface area contributed by atoms with Crippen LogP contribution in [0.15, 0.2) is 73.1 Å². The third-order valence-corrected chi connectivity index (χ3v) is 10.1. The Balaban J connectivity index is 1.58. The summed E-state index contributed by atoms with van der Waals surface area (Å²) >= 11 is 12.7. The first kappa shape index (κ1) is 30.5. The van der Waals surface area contributed by atoms with Crippen LogP contribution in [0.4, 0.5) is 0 Å². The van der Waals surface area contributed by atoms with Crippen LogP contribution in [-0.2, 0) is 25.4 Å². The first-order valence-corrected chi connectivity index (χ1v) is 16.3. The number of nitrogens with zero attached hydrogens (tertiary/aromatic N) is 2. The highest BCUT2D eigenvalue weighted by molar-refractivity contribution is 7.88. The molecule has 1 saturated heterocycles. The standard InChI is InChI=1S/C31H33Cl2N3O5S/c1-31(16-28(37)38)15-26(23-5-2-6-25(33)14-23)29(22-9-11-24(32)12-10-22)36(30(31)39)27(21-7-8-21)18-35-42(40,41)19-20-4-3-13-34-17-20/h2-6,9-14,17,21,26-27,29,35H,7-8,15-16,18-19H2,1H3,(H,37,38)/t26-,27-,29?,31-/m1/s1. The average molecular weight is 631 g/mol. The SMILES string of the molecule is C[C@]1(CC(=O)O)C[C@H](c2cccc(Cl)c2)C(c2ccc(Cl)cc2)N([C@H](CNS(=O)(=O)Cc2cccnc2)C2CC2)C1=O. The quantitative estimate of drug-likeness (QED) is 0.276. The van der Waals surface area contributed by atoms with E-state index < -0.39 is 33.5 Å². The van der Waals surface area contributed by atoms with Gasteiger partial charge in [0.15, 0.2) is 0 Å². The van der Waals surface area contributed by atoms with Crippen molar-refractivity contribution in [1.29, 1.82) is 0 Å². The van der Waals surface area contributed by atoms with E-state index in [9.17, 15) is 23.1 Å². The molecule has 0 spiro atoms. The minimum atomic E-state index is -3.76. The molecule has 5 rings (SSSR count). The minimum Gasteiger partial charge on any atom is -0.481 e. The molecule has 2 N–H and O–H groups in total. The molecule has 1 aromatic heterocycles. The van der Waals surface area contributed by atoms with Gasteiger partial charge in [-0.2, -0.15) is 0 Å². The molecule has 2 aromatic carbocycles. The second kappa shape index (κ2) is 12.3. The number of carboxylic acids is 1. The van der Waals surface area contributed by atoms with Gasteiger partial charge in [-0.05, 0) is 72.2 Å². The molecule has 2 aliphatic rings. The van der Waals surface area contributed by atoms with E-state index in [-0.39, 0.29) is 42.9 Å². The lowest BCUT2D eigenvalue weighted by Crippen LogP contribution is -2.59. The van der Waals surface area contributed by atoms with E-state index in [1.807, 2.05) is 30.3 Å². The van der Waals surface area contributed by atoms with Crippen molar-refractivity contribution in [3.8, 4) is 0 Å². The third kappa shape index (κ3) is 6.97. The number of carboxylic acid groups (broad SMARTS) is 1. The number of carbonyl (C=O) groups is 2. The molecule has 1 aliphatic heterocycles. The molecule has 1 unspecified atom stereocenters. The summed E-state index contributed by atoms with van der Waals surface area (Å²) < 4.78 is 29.0. The van der Waals surface area contributed by atoms with Gasteiger partial charge in [0.05, 0.1) is 23.6 Å². The number of hydrogen-bond acceptors (Lipinski definition) is 5. The summed E-state index contributed by atoms with van der Waals surface area (Å²) in [6, 6.07) is 17.1. The molecular weight excluding hydrogens is 597 g/mol. The van der Waals surface area contributed by atoms with Gasteiger partial charge in [0.25, 0.3) is 0 Å². The smallest absolute Gasteiger partial charge is 0.304 e. The van der Waals surface area contributed by atoms with Crippen LogP contribution in [0, 0.1) is 11.3 Å². The van der Waals surface area contributed by atoms with Crippen molar-refractivity contribution in [2.24, 2.45) is 11.3 Å². The van der Waals surface area contributed by atoms with Gasteiger partial charge in [0.2, 0.25) is 15.9 Å². The number of amides is 1. The summed E-state index contributed by atoms with van der Waals surface area (Å²) in [6.07, 6.45) is 4.70. The van der Waals surface area contributed by atoms with Crippen LogP contribution >= 0.6 is 23.2 Å². The van der Waals surface area contributed by atoms with E-state index in [0.717, 1.165) is 24.0 Å².